The van der Waals surface area contributed by atoms with Crippen molar-refractivity contribution in [3.05, 3.63) is 0 Å². The third kappa shape index (κ3) is 10.2. The second-order valence-corrected chi connectivity index (χ2v) is 7.70. The first kappa shape index (κ1) is 24.4. The summed E-state index contributed by atoms with van der Waals surface area (Å²) >= 11 is 0. The molecular weight excluding hydrogens is 310 g/mol. The molecule has 0 heterocycles. The second kappa shape index (κ2) is 15.7. The van der Waals surface area contributed by atoms with Crippen molar-refractivity contribution in [2.45, 2.75) is 117 Å². The highest BCUT2D eigenvalue weighted by molar-refractivity contribution is 5.72. The van der Waals surface area contributed by atoms with Crippen LogP contribution in [-0.2, 0) is 4.79 Å². The lowest BCUT2D eigenvalue weighted by atomic mass is 10.0. The number of nitrogens with zero attached hydrogens (tertiary/aromatic N) is 1. The molecule has 25 heavy (non-hydrogen) atoms. The summed E-state index contributed by atoms with van der Waals surface area (Å²) in [5.41, 5.74) is 0. The van der Waals surface area contributed by atoms with Crippen molar-refractivity contribution in [2.75, 3.05) is 19.6 Å². The van der Waals surface area contributed by atoms with Gasteiger partial charge in [0, 0.05) is 6.42 Å². The molecule has 0 saturated heterocycles. The number of carboxylic acids is 1. The summed E-state index contributed by atoms with van der Waals surface area (Å²) in [4.78, 5) is 11.7. The average molecular weight is 357 g/mol. The Morgan fingerprint density at radius 1 is 0.680 bits per heavy atom. The highest BCUT2D eigenvalue weighted by atomic mass is 16.4. The smallest absolute Gasteiger partial charge is 0.362 e. The fourth-order valence-corrected chi connectivity index (χ4v) is 4.14. The van der Waals surface area contributed by atoms with E-state index in [1.54, 1.807) is 0 Å². The van der Waals surface area contributed by atoms with Gasteiger partial charge in [-0.15, -0.1) is 0 Å². The lowest BCUT2D eigenvalue weighted by Crippen LogP contribution is -2.58. The minimum atomic E-state index is -0.603. The van der Waals surface area contributed by atoms with Crippen LogP contribution >= 0.6 is 0 Å². The number of carboxylic acid groups (broad SMARTS) is 1. The Hall–Kier alpha value is -0.570. The van der Waals surface area contributed by atoms with E-state index in [9.17, 15) is 9.90 Å². The molecule has 3 heteroatoms. The van der Waals surface area contributed by atoms with Gasteiger partial charge in [0.1, 0.15) is 0 Å². The monoisotopic (exact) mass is 356 g/mol. The molecule has 0 aromatic carbocycles. The van der Waals surface area contributed by atoms with Crippen molar-refractivity contribution in [1.82, 2.24) is 0 Å². The number of carbonyl (C=O) groups is 1. The Bertz CT molecular complexity index is 305. The van der Waals surface area contributed by atoms with E-state index in [0.29, 0.717) is 0 Å². The maximum absolute atomic E-state index is 11.7. The van der Waals surface area contributed by atoms with Crippen molar-refractivity contribution < 1.29 is 14.4 Å². The zero-order valence-electron chi connectivity index (χ0n) is 17.7. The van der Waals surface area contributed by atoms with Gasteiger partial charge >= 0.3 is 5.97 Å². The summed E-state index contributed by atoms with van der Waals surface area (Å²) in [6.45, 7) is 11.4. The summed E-state index contributed by atoms with van der Waals surface area (Å²) in [5, 5.41) is 9.66. The van der Waals surface area contributed by atoms with Crippen LogP contribution in [0.3, 0.4) is 0 Å². The molecule has 0 amide bonds. The van der Waals surface area contributed by atoms with Gasteiger partial charge in [0.05, 0.1) is 19.6 Å². The van der Waals surface area contributed by atoms with Crippen LogP contribution in [0, 0.1) is 0 Å². The van der Waals surface area contributed by atoms with Gasteiger partial charge in [-0.05, 0) is 27.2 Å². The molecule has 1 unspecified atom stereocenters. The van der Waals surface area contributed by atoms with Gasteiger partial charge in [-0.25, -0.2) is 4.79 Å². The normalized spacial score (nSPS) is 13.1. The van der Waals surface area contributed by atoms with Crippen molar-refractivity contribution in [1.29, 1.82) is 0 Å². The maximum atomic E-state index is 11.7. The van der Waals surface area contributed by atoms with Gasteiger partial charge in [0.2, 0.25) is 0 Å². The number of hydrogen-bond donors (Lipinski definition) is 1. The third-order valence-electron chi connectivity index (χ3n) is 6.17. The van der Waals surface area contributed by atoms with Gasteiger partial charge in [0.15, 0.2) is 6.04 Å². The molecular formula is C22H46NO2+. The number of hydrogen-bond acceptors (Lipinski definition) is 1. The molecule has 0 spiro atoms. The minimum absolute atomic E-state index is 0.219. The molecule has 0 aliphatic rings. The Balaban J connectivity index is 3.78. The number of likely N-dealkylation sites (N-methyl/N-ethyl adjacent to an activating group) is 1. The van der Waals surface area contributed by atoms with Gasteiger partial charge in [0.25, 0.3) is 0 Å². The topological polar surface area (TPSA) is 37.3 Å². The third-order valence-corrected chi connectivity index (χ3v) is 6.17. The maximum Gasteiger partial charge on any atom is 0.362 e. The summed E-state index contributed by atoms with van der Waals surface area (Å²) < 4.78 is 0.730. The van der Waals surface area contributed by atoms with E-state index in [-0.39, 0.29) is 6.04 Å². The van der Waals surface area contributed by atoms with Crippen molar-refractivity contribution in [2.24, 2.45) is 0 Å². The molecule has 0 aliphatic heterocycles. The van der Waals surface area contributed by atoms with Crippen molar-refractivity contribution in [3.63, 3.8) is 0 Å². The lowest BCUT2D eigenvalue weighted by molar-refractivity contribution is -0.939. The zero-order chi connectivity index (χ0) is 19.0. The van der Waals surface area contributed by atoms with Gasteiger partial charge in [-0.2, -0.15) is 0 Å². The number of rotatable bonds is 18. The van der Waals surface area contributed by atoms with E-state index < -0.39 is 5.97 Å². The quantitative estimate of drug-likeness (QED) is 0.228. The first-order valence-electron chi connectivity index (χ1n) is 11.2. The summed E-state index contributed by atoms with van der Waals surface area (Å²) in [5.74, 6) is -0.603. The van der Waals surface area contributed by atoms with Crippen LogP contribution < -0.4 is 0 Å². The average Bonchev–Trinajstić information content (AvgIpc) is 2.62. The van der Waals surface area contributed by atoms with Crippen LogP contribution in [0.5, 0.6) is 0 Å². The van der Waals surface area contributed by atoms with Gasteiger partial charge in [-0.1, -0.05) is 77.6 Å². The molecule has 0 bridgehead atoms. The van der Waals surface area contributed by atoms with E-state index in [1.807, 2.05) is 0 Å². The Labute approximate surface area is 157 Å². The molecule has 0 radical (unpaired) electrons. The number of quaternary nitrogens is 1. The summed E-state index contributed by atoms with van der Waals surface area (Å²) in [6, 6.07) is -0.219. The van der Waals surface area contributed by atoms with Crippen LogP contribution in [0.1, 0.15) is 111 Å². The van der Waals surface area contributed by atoms with E-state index in [2.05, 4.69) is 27.7 Å². The van der Waals surface area contributed by atoms with E-state index in [4.69, 9.17) is 0 Å². The Morgan fingerprint density at radius 3 is 1.36 bits per heavy atom. The van der Waals surface area contributed by atoms with Gasteiger partial charge in [-0.3, -0.25) is 0 Å². The lowest BCUT2D eigenvalue weighted by Gasteiger charge is -2.40. The molecule has 1 N–H and O–H groups in total. The molecule has 0 aromatic rings. The Kier molecular flexibility index (Phi) is 15.3. The van der Waals surface area contributed by atoms with Crippen LogP contribution in [0.2, 0.25) is 0 Å². The fraction of sp³-hybridized carbons (Fsp3) is 0.955. The molecule has 3 nitrogen and oxygen atoms in total. The molecule has 0 rings (SSSR count). The minimum Gasteiger partial charge on any atom is -0.477 e. The van der Waals surface area contributed by atoms with E-state index in [0.717, 1.165) is 37.0 Å². The predicted molar refractivity (Wildman–Crippen MR) is 109 cm³/mol. The summed E-state index contributed by atoms with van der Waals surface area (Å²) in [7, 11) is 0. The number of unbranched alkanes of at least 4 members (excludes halogenated alkanes) is 11. The van der Waals surface area contributed by atoms with Crippen LogP contribution in [0.25, 0.3) is 0 Å². The zero-order valence-corrected chi connectivity index (χ0v) is 17.7. The molecule has 0 fully saturated rings. The highest BCUT2D eigenvalue weighted by Gasteiger charge is 2.37. The van der Waals surface area contributed by atoms with Crippen molar-refractivity contribution >= 4 is 5.97 Å². The van der Waals surface area contributed by atoms with Gasteiger partial charge < -0.3 is 9.59 Å². The largest absolute Gasteiger partial charge is 0.477 e. The first-order chi connectivity index (χ1) is 12.1. The van der Waals surface area contributed by atoms with E-state index in [1.165, 1.54) is 70.6 Å². The standard InChI is InChI=1S/C22H45NO2/c1-5-9-10-11-12-13-14-15-16-17-18-19-20-21(22(24)25)23(6-2,7-3)8-4/h21H,5-20H2,1-4H3/p+1. The highest BCUT2D eigenvalue weighted by Crippen LogP contribution is 2.20. The van der Waals surface area contributed by atoms with Crippen LogP contribution in [0.15, 0.2) is 0 Å². The molecule has 0 aromatic heterocycles. The molecule has 0 aliphatic carbocycles. The predicted octanol–water partition coefficient (Wildman–Crippen LogP) is 6.41. The van der Waals surface area contributed by atoms with Crippen LogP contribution in [-0.4, -0.2) is 41.2 Å². The van der Waals surface area contributed by atoms with Crippen molar-refractivity contribution in [3.8, 4) is 0 Å². The second-order valence-electron chi connectivity index (χ2n) is 7.70. The first-order valence-corrected chi connectivity index (χ1v) is 11.2. The SMILES string of the molecule is CCCCCCCCCCCCCCC(C(=O)O)[N+](CC)(CC)CC. The van der Waals surface area contributed by atoms with Crippen LogP contribution in [0.4, 0.5) is 0 Å². The molecule has 0 saturated carbocycles. The van der Waals surface area contributed by atoms with E-state index >= 15 is 0 Å². The molecule has 150 valence electrons. The number of aliphatic carboxylic acids is 1. The Morgan fingerprint density at radius 2 is 1.04 bits per heavy atom. The summed E-state index contributed by atoms with van der Waals surface area (Å²) in [6.07, 6.45) is 16.8. The molecule has 1 atom stereocenters. The fourth-order valence-electron chi connectivity index (χ4n) is 4.14.